The van der Waals surface area contributed by atoms with E-state index >= 15 is 0 Å². The topological polar surface area (TPSA) is 70.8 Å². The Kier molecular flexibility index (Phi) is 5.58. The summed E-state index contributed by atoms with van der Waals surface area (Å²) < 4.78 is 24.0. The third-order valence-corrected chi connectivity index (χ3v) is 7.18. The van der Waals surface area contributed by atoms with Crippen molar-refractivity contribution in [3.05, 3.63) is 90.1 Å². The molecule has 3 aromatic carbocycles. The van der Waals surface area contributed by atoms with Gasteiger partial charge in [-0.3, -0.25) is 4.98 Å². The molecule has 0 aliphatic rings. The molecule has 4 rings (SSSR count). The molecule has 0 saturated heterocycles. The second kappa shape index (κ2) is 8.33. The van der Waals surface area contributed by atoms with Crippen molar-refractivity contribution in [3.8, 4) is 28.3 Å². The molecule has 1 heterocycles. The Morgan fingerprint density at radius 3 is 2.42 bits per heavy atom. The number of hydrogen-bond acceptors (Lipinski definition) is 4. The number of sulfone groups is 1. The van der Waals surface area contributed by atoms with E-state index in [0.29, 0.717) is 12.0 Å². The van der Waals surface area contributed by atoms with Gasteiger partial charge in [-0.2, -0.15) is 5.26 Å². The van der Waals surface area contributed by atoms with Crippen LogP contribution in [-0.2, 0) is 16.3 Å². The van der Waals surface area contributed by atoms with Crippen LogP contribution in [0.25, 0.3) is 33.2 Å². The van der Waals surface area contributed by atoms with Gasteiger partial charge in [-0.15, -0.1) is 0 Å². The summed E-state index contributed by atoms with van der Waals surface area (Å²) in [6.07, 6.45) is 3.48. The fourth-order valence-electron chi connectivity index (χ4n) is 3.76. The lowest BCUT2D eigenvalue weighted by molar-refractivity contribution is 0.588. The van der Waals surface area contributed by atoms with Gasteiger partial charge < -0.3 is 0 Å². The first-order chi connectivity index (χ1) is 14.9. The Labute approximate surface area is 182 Å². The van der Waals surface area contributed by atoms with Gasteiger partial charge in [0.2, 0.25) is 0 Å². The molecule has 0 bridgehead atoms. The molecule has 5 heteroatoms. The van der Waals surface area contributed by atoms with Gasteiger partial charge in [-0.1, -0.05) is 42.5 Å². The van der Waals surface area contributed by atoms with E-state index in [1.165, 1.54) is 6.26 Å². The van der Waals surface area contributed by atoms with Crippen LogP contribution >= 0.6 is 0 Å². The Morgan fingerprint density at radius 1 is 0.935 bits per heavy atom. The average molecular weight is 427 g/mol. The van der Waals surface area contributed by atoms with E-state index in [9.17, 15) is 13.7 Å². The van der Waals surface area contributed by atoms with E-state index in [1.54, 1.807) is 13.1 Å². The zero-order valence-electron chi connectivity index (χ0n) is 17.4. The Morgan fingerprint density at radius 2 is 1.68 bits per heavy atom. The molecule has 0 spiro atoms. The van der Waals surface area contributed by atoms with Crippen LogP contribution in [0.4, 0.5) is 0 Å². The van der Waals surface area contributed by atoms with Crippen molar-refractivity contribution in [2.24, 2.45) is 0 Å². The second-order valence-corrected chi connectivity index (χ2v) is 10.3. The summed E-state index contributed by atoms with van der Waals surface area (Å²) in [5.74, 6) is 0. The lowest BCUT2D eigenvalue weighted by Crippen LogP contribution is -2.18. The van der Waals surface area contributed by atoms with Gasteiger partial charge in [0.05, 0.1) is 22.4 Å². The van der Waals surface area contributed by atoms with E-state index in [2.05, 4.69) is 17.1 Å². The highest BCUT2D eigenvalue weighted by Crippen LogP contribution is 2.33. The van der Waals surface area contributed by atoms with Crippen LogP contribution in [0, 0.1) is 11.3 Å². The predicted molar refractivity (Wildman–Crippen MR) is 125 cm³/mol. The van der Waals surface area contributed by atoms with Crippen molar-refractivity contribution in [1.82, 2.24) is 4.98 Å². The first kappa shape index (κ1) is 20.8. The molecule has 1 unspecified atom stereocenters. The van der Waals surface area contributed by atoms with Crippen molar-refractivity contribution in [2.45, 2.75) is 18.6 Å². The van der Waals surface area contributed by atoms with E-state index in [1.807, 2.05) is 66.7 Å². The number of benzene rings is 3. The molecular weight excluding hydrogens is 404 g/mol. The quantitative estimate of drug-likeness (QED) is 0.427. The number of nitriles is 1. The molecule has 4 nitrogen and oxygen atoms in total. The van der Waals surface area contributed by atoms with Gasteiger partial charge >= 0.3 is 0 Å². The van der Waals surface area contributed by atoms with Crippen molar-refractivity contribution in [3.63, 3.8) is 0 Å². The van der Waals surface area contributed by atoms with Gasteiger partial charge in [0.15, 0.2) is 0 Å². The summed E-state index contributed by atoms with van der Waals surface area (Å²) in [7, 11) is -3.13. The summed E-state index contributed by atoms with van der Waals surface area (Å²) in [6, 6.07) is 25.8. The minimum Gasteiger partial charge on any atom is -0.256 e. The fourth-order valence-corrected chi connectivity index (χ4v) is 4.26. The fraction of sp³-hybridized carbons (Fsp3) is 0.154. The molecular formula is C26H22N2O2S. The van der Waals surface area contributed by atoms with Crippen LogP contribution < -0.4 is 0 Å². The standard InChI is InChI=1S/C26H22N2O2S/c1-18(31(2,29)30)13-19-14-22-10-6-12-28-26(22)25(15-19)21-9-5-8-20(16-21)24-11-4-3-7-23(24)17-27/h3-12,14-16,18H,13H2,1-2H3. The zero-order chi connectivity index (χ0) is 22.0. The highest BCUT2D eigenvalue weighted by atomic mass is 32.2. The van der Waals surface area contributed by atoms with Crippen LogP contribution in [0.2, 0.25) is 0 Å². The lowest BCUT2D eigenvalue weighted by atomic mass is 9.93. The summed E-state index contributed by atoms with van der Waals surface area (Å²) in [5, 5.41) is 9.99. The number of aromatic nitrogens is 1. The average Bonchev–Trinajstić information content (AvgIpc) is 2.78. The number of rotatable bonds is 5. The molecule has 0 fully saturated rings. The van der Waals surface area contributed by atoms with Crippen LogP contribution in [0.15, 0.2) is 79.0 Å². The molecule has 0 amide bonds. The maximum atomic E-state index is 12.0. The molecule has 31 heavy (non-hydrogen) atoms. The number of nitrogens with zero attached hydrogens (tertiary/aromatic N) is 2. The van der Waals surface area contributed by atoms with E-state index in [4.69, 9.17) is 0 Å². The zero-order valence-corrected chi connectivity index (χ0v) is 18.2. The molecule has 0 radical (unpaired) electrons. The van der Waals surface area contributed by atoms with Gasteiger partial charge in [-0.25, -0.2) is 8.42 Å². The highest BCUT2D eigenvalue weighted by molar-refractivity contribution is 7.91. The van der Waals surface area contributed by atoms with Crippen molar-refractivity contribution < 1.29 is 8.42 Å². The van der Waals surface area contributed by atoms with Gasteiger partial charge in [0.1, 0.15) is 9.84 Å². The Bertz CT molecular complexity index is 1420. The van der Waals surface area contributed by atoms with E-state index in [0.717, 1.165) is 38.7 Å². The van der Waals surface area contributed by atoms with Gasteiger partial charge in [0.25, 0.3) is 0 Å². The molecule has 0 aliphatic heterocycles. The molecule has 4 aromatic rings. The van der Waals surface area contributed by atoms with Gasteiger partial charge in [0, 0.05) is 23.4 Å². The van der Waals surface area contributed by atoms with E-state index < -0.39 is 15.1 Å². The number of pyridine rings is 1. The van der Waals surface area contributed by atoms with Gasteiger partial charge in [-0.05, 0) is 65.9 Å². The van der Waals surface area contributed by atoms with Crippen molar-refractivity contribution >= 4 is 20.7 Å². The third kappa shape index (κ3) is 4.35. The maximum Gasteiger partial charge on any atom is 0.150 e. The molecule has 0 aliphatic carbocycles. The lowest BCUT2D eigenvalue weighted by Gasteiger charge is -2.14. The van der Waals surface area contributed by atoms with E-state index in [-0.39, 0.29) is 0 Å². The first-order valence-electron chi connectivity index (χ1n) is 10.0. The summed E-state index contributed by atoms with van der Waals surface area (Å²) >= 11 is 0. The second-order valence-electron chi connectivity index (χ2n) is 7.80. The minimum absolute atomic E-state index is 0.438. The Hall–Kier alpha value is -3.49. The van der Waals surface area contributed by atoms with Crippen LogP contribution in [0.3, 0.4) is 0 Å². The molecule has 1 atom stereocenters. The number of hydrogen-bond donors (Lipinski definition) is 0. The highest BCUT2D eigenvalue weighted by Gasteiger charge is 2.17. The molecule has 0 N–H and O–H groups in total. The predicted octanol–water partition coefficient (Wildman–Crippen LogP) is 5.42. The summed E-state index contributed by atoms with van der Waals surface area (Å²) in [4.78, 5) is 4.59. The Balaban J connectivity index is 1.87. The monoisotopic (exact) mass is 426 g/mol. The number of fused-ring (bicyclic) bond motifs is 1. The van der Waals surface area contributed by atoms with Crippen LogP contribution in [-0.4, -0.2) is 24.9 Å². The minimum atomic E-state index is -3.13. The smallest absolute Gasteiger partial charge is 0.150 e. The van der Waals surface area contributed by atoms with Crippen molar-refractivity contribution in [1.29, 1.82) is 5.26 Å². The molecule has 154 valence electrons. The largest absolute Gasteiger partial charge is 0.256 e. The summed E-state index contributed by atoms with van der Waals surface area (Å²) in [6.45, 7) is 1.74. The molecule has 1 aromatic heterocycles. The van der Waals surface area contributed by atoms with Crippen LogP contribution in [0.5, 0.6) is 0 Å². The maximum absolute atomic E-state index is 12.0. The normalized spacial score (nSPS) is 12.4. The first-order valence-corrected chi connectivity index (χ1v) is 12.0. The third-order valence-electron chi connectivity index (χ3n) is 5.55. The van der Waals surface area contributed by atoms with Crippen molar-refractivity contribution in [2.75, 3.05) is 6.26 Å². The van der Waals surface area contributed by atoms with Crippen LogP contribution in [0.1, 0.15) is 18.1 Å². The molecule has 0 saturated carbocycles. The SMILES string of the molecule is CC(Cc1cc(-c2cccc(-c3ccccc3C#N)c2)c2ncccc2c1)S(C)(=O)=O. The summed E-state index contributed by atoms with van der Waals surface area (Å²) in [5.41, 5.74) is 6.20.